The molecule has 0 aromatic heterocycles. The number of hydrogen-bond acceptors (Lipinski definition) is 7. The minimum Gasteiger partial charge on any atom is -0.648 e. The van der Waals surface area contributed by atoms with E-state index in [0.29, 0.717) is 32.4 Å². The van der Waals surface area contributed by atoms with Crippen LogP contribution in [0.25, 0.3) is 5.32 Å². The number of alkyl carbamates (subject to hydrolysis) is 1. The molecule has 11 heteroatoms. The number of imide groups is 1. The summed E-state index contributed by atoms with van der Waals surface area (Å²) in [5.41, 5.74) is 1.63. The standard InChI is InChI=1S/C24H33N3O7.Rb/c28-13-4-2-1-3-11-25-24(32)34-15-5-14-33-18-21(29)26-17-20-8-6-19(7-9-20)16-23(31)27-12-10-22(27)30;/h6-9,13H,1-5,10-12,14-18H2,(H2,25,26,29,32);/q;+1/p-1. The van der Waals surface area contributed by atoms with Gasteiger partial charge >= 0.3 is 64.3 Å². The first-order chi connectivity index (χ1) is 16.5. The molecule has 4 amide bonds. The van der Waals surface area contributed by atoms with Gasteiger partial charge < -0.3 is 29.7 Å². The molecule has 0 atom stereocenters. The molecule has 2 rings (SSSR count). The Bertz CT molecular complexity index is 833. The number of carbonyl (C=O) groups excluding carboxylic acids is 5. The van der Waals surface area contributed by atoms with E-state index >= 15 is 0 Å². The summed E-state index contributed by atoms with van der Waals surface area (Å²) in [5, 5.41) is 6.59. The first-order valence-electron chi connectivity index (χ1n) is 11.5. The third-order valence-electron chi connectivity index (χ3n) is 5.13. The Balaban J connectivity index is 0.00000612. The second-order valence-corrected chi connectivity index (χ2v) is 7.88. The maximum Gasteiger partial charge on any atom is 1.00 e. The molecule has 35 heavy (non-hydrogen) atoms. The van der Waals surface area contributed by atoms with Crippen LogP contribution in [0.3, 0.4) is 0 Å². The van der Waals surface area contributed by atoms with Crippen molar-refractivity contribution in [3.63, 3.8) is 0 Å². The molecule has 186 valence electrons. The van der Waals surface area contributed by atoms with E-state index < -0.39 is 6.09 Å². The predicted molar refractivity (Wildman–Crippen MR) is 123 cm³/mol. The van der Waals surface area contributed by atoms with Gasteiger partial charge in [0.05, 0.1) is 32.1 Å². The molecule has 0 saturated carbocycles. The van der Waals surface area contributed by atoms with E-state index in [-0.39, 0.29) is 109 Å². The molecule has 1 N–H and O–H groups in total. The average molecular weight is 560 g/mol. The van der Waals surface area contributed by atoms with Gasteiger partial charge in [0.25, 0.3) is 0 Å². The quantitative estimate of drug-likeness (QED) is 0.161. The van der Waals surface area contributed by atoms with E-state index in [1.807, 2.05) is 0 Å². The molecule has 1 heterocycles. The van der Waals surface area contributed by atoms with Crippen LogP contribution in [-0.4, -0.2) is 67.9 Å². The molecule has 10 nitrogen and oxygen atoms in total. The van der Waals surface area contributed by atoms with E-state index in [4.69, 9.17) is 9.47 Å². The van der Waals surface area contributed by atoms with Gasteiger partial charge in [-0.05, 0) is 18.4 Å². The van der Waals surface area contributed by atoms with Gasteiger partial charge in [0.1, 0.15) is 6.29 Å². The van der Waals surface area contributed by atoms with Gasteiger partial charge in [-0.1, -0.05) is 36.2 Å². The molecular weight excluding hydrogens is 528 g/mol. The largest absolute Gasteiger partial charge is 1.00 e. The topological polar surface area (TPSA) is 133 Å². The zero-order valence-electron chi connectivity index (χ0n) is 20.3. The Hall–Kier alpha value is -1.46. The van der Waals surface area contributed by atoms with Gasteiger partial charge in [-0.15, -0.1) is 6.54 Å². The molecule has 1 aliphatic heterocycles. The van der Waals surface area contributed by atoms with Crippen molar-refractivity contribution < 1.29 is 91.6 Å². The number of carbonyl (C=O) groups is 5. The van der Waals surface area contributed by atoms with Gasteiger partial charge in [-0.3, -0.25) is 14.5 Å². The fraction of sp³-hybridized carbons (Fsp3) is 0.542. The van der Waals surface area contributed by atoms with Crippen LogP contribution in [0.15, 0.2) is 24.3 Å². The number of likely N-dealkylation sites (tertiary alicyclic amines) is 1. The van der Waals surface area contributed by atoms with Crippen LogP contribution in [0.1, 0.15) is 49.7 Å². The van der Waals surface area contributed by atoms with Gasteiger partial charge in [-0.25, -0.2) is 4.79 Å². The van der Waals surface area contributed by atoms with Crippen molar-refractivity contribution in [3.8, 4) is 0 Å². The van der Waals surface area contributed by atoms with E-state index in [0.717, 1.165) is 36.7 Å². The Labute approximate surface area is 254 Å². The van der Waals surface area contributed by atoms with Crippen molar-refractivity contribution in [1.29, 1.82) is 0 Å². The molecule has 1 saturated heterocycles. The number of nitrogens with one attached hydrogen (secondary N) is 1. The zero-order chi connectivity index (χ0) is 24.6. The first kappa shape index (κ1) is 31.6. The first-order valence-corrected chi connectivity index (χ1v) is 11.5. The van der Waals surface area contributed by atoms with Gasteiger partial charge in [0.2, 0.25) is 11.8 Å². The monoisotopic (exact) mass is 559 g/mol. The van der Waals surface area contributed by atoms with Crippen LogP contribution in [0.5, 0.6) is 0 Å². The fourth-order valence-corrected chi connectivity index (χ4v) is 3.09. The summed E-state index contributed by atoms with van der Waals surface area (Å²) in [7, 11) is 0. The summed E-state index contributed by atoms with van der Waals surface area (Å²) in [6.45, 7) is 1.51. The van der Waals surface area contributed by atoms with Crippen LogP contribution >= 0.6 is 0 Å². The Morgan fingerprint density at radius 2 is 1.77 bits per heavy atom. The molecule has 0 unspecified atom stereocenters. The van der Waals surface area contributed by atoms with Crippen molar-refractivity contribution in [2.24, 2.45) is 0 Å². The maximum absolute atomic E-state index is 12.0. The van der Waals surface area contributed by atoms with Crippen molar-refractivity contribution in [2.45, 2.75) is 51.5 Å². The summed E-state index contributed by atoms with van der Waals surface area (Å²) in [6, 6.07) is 7.17. The Morgan fingerprint density at radius 3 is 2.43 bits per heavy atom. The second-order valence-electron chi connectivity index (χ2n) is 7.88. The minimum atomic E-state index is -0.495. The molecule has 0 aliphatic carbocycles. The third-order valence-corrected chi connectivity index (χ3v) is 5.13. The number of benzene rings is 1. The predicted octanol–water partition coefficient (Wildman–Crippen LogP) is -0.715. The Kier molecular flexibility index (Phi) is 16.9. The van der Waals surface area contributed by atoms with E-state index in [9.17, 15) is 24.0 Å². The molecule has 0 radical (unpaired) electrons. The molecule has 0 spiro atoms. The minimum absolute atomic E-state index is 0. The zero-order valence-corrected chi connectivity index (χ0v) is 25.2. The fourth-order valence-electron chi connectivity index (χ4n) is 3.09. The molecular formula is C24H32N3O7Rb. The molecule has 1 aromatic rings. The van der Waals surface area contributed by atoms with Crippen molar-refractivity contribution in [3.05, 3.63) is 40.7 Å². The summed E-state index contributed by atoms with van der Waals surface area (Å²) >= 11 is 0. The molecule has 1 aromatic carbocycles. The van der Waals surface area contributed by atoms with E-state index in [1.54, 1.807) is 24.3 Å². The van der Waals surface area contributed by atoms with Crippen LogP contribution in [0.4, 0.5) is 4.79 Å². The van der Waals surface area contributed by atoms with Crippen molar-refractivity contribution in [1.82, 2.24) is 10.2 Å². The maximum atomic E-state index is 12.0. The number of amides is 4. The summed E-state index contributed by atoms with van der Waals surface area (Å²) < 4.78 is 10.3. The summed E-state index contributed by atoms with van der Waals surface area (Å²) in [6.07, 6.45) is 4.49. The number of ether oxygens (including phenoxy) is 2. The van der Waals surface area contributed by atoms with E-state index in [2.05, 4.69) is 10.6 Å². The molecule has 0 bridgehead atoms. The number of β-lactam (4-membered cyclic amide) rings is 1. The van der Waals surface area contributed by atoms with Gasteiger partial charge in [0, 0.05) is 32.4 Å². The third kappa shape index (κ3) is 13.4. The molecule has 1 aliphatic rings. The SMILES string of the molecule is O=CCCCCCNC(=O)OCCCOCC(=O)[N-]Cc1ccc(CC(=O)N2CCC2=O)cc1.[Rb+]. The van der Waals surface area contributed by atoms with Crippen molar-refractivity contribution in [2.75, 3.05) is 32.9 Å². The number of aldehydes is 1. The molecule has 1 fully saturated rings. The van der Waals surface area contributed by atoms with Crippen LogP contribution in [0.2, 0.25) is 0 Å². The van der Waals surface area contributed by atoms with Gasteiger partial charge in [0.15, 0.2) is 0 Å². The van der Waals surface area contributed by atoms with Crippen LogP contribution < -0.4 is 63.5 Å². The van der Waals surface area contributed by atoms with Gasteiger partial charge in [-0.2, -0.15) is 0 Å². The number of unbranched alkanes of at least 4 members (excludes halogenated alkanes) is 3. The normalized spacial score (nSPS) is 12.2. The van der Waals surface area contributed by atoms with Crippen LogP contribution in [0, 0.1) is 0 Å². The Morgan fingerprint density at radius 1 is 1.03 bits per heavy atom. The summed E-state index contributed by atoms with van der Waals surface area (Å²) in [4.78, 5) is 58.1. The van der Waals surface area contributed by atoms with Crippen LogP contribution in [-0.2, 0) is 41.6 Å². The van der Waals surface area contributed by atoms with Crippen molar-refractivity contribution >= 4 is 30.1 Å². The summed E-state index contributed by atoms with van der Waals surface area (Å²) in [5.74, 6) is -0.716. The second kappa shape index (κ2) is 18.8. The number of rotatable bonds is 16. The van der Waals surface area contributed by atoms with E-state index in [1.165, 1.54) is 4.90 Å². The smallest absolute Gasteiger partial charge is 0.648 e. The number of nitrogens with zero attached hydrogens (tertiary/aromatic N) is 2. The number of hydrogen-bond donors (Lipinski definition) is 1. The average Bonchev–Trinajstić information content (AvgIpc) is 2.82.